The van der Waals surface area contributed by atoms with Crippen LogP contribution in [0.3, 0.4) is 0 Å². The van der Waals surface area contributed by atoms with E-state index < -0.39 is 0 Å². The van der Waals surface area contributed by atoms with Crippen molar-refractivity contribution in [1.82, 2.24) is 4.90 Å². The number of hydrogen-bond acceptors (Lipinski definition) is 1. The largest absolute Gasteiger partial charge is 0.330 e. The van der Waals surface area contributed by atoms with Crippen LogP contribution in [0, 0.1) is 5.92 Å². The highest BCUT2D eigenvalue weighted by Gasteiger charge is 2.63. The van der Waals surface area contributed by atoms with Crippen LogP contribution in [0.1, 0.15) is 33.1 Å². The van der Waals surface area contributed by atoms with E-state index in [1.54, 1.807) is 6.92 Å². The Morgan fingerprint density at radius 2 is 2.40 bits per heavy atom. The summed E-state index contributed by atoms with van der Waals surface area (Å²) in [4.78, 5) is 13.9. The second-order valence-corrected chi connectivity index (χ2v) is 5.09. The van der Waals surface area contributed by atoms with Crippen molar-refractivity contribution in [2.45, 2.75) is 44.7 Å². The molecular weight excluding hydrogens is 186 g/mol. The van der Waals surface area contributed by atoms with Crippen LogP contribution >= 0.6 is 0 Å². The minimum Gasteiger partial charge on any atom is -0.330 e. The normalized spacial score (nSPS) is 41.7. The van der Waals surface area contributed by atoms with Gasteiger partial charge in [0.05, 0.1) is 5.54 Å². The Hall–Kier alpha value is -1.05. The van der Waals surface area contributed by atoms with Gasteiger partial charge in [-0.2, -0.15) is 0 Å². The van der Waals surface area contributed by atoms with E-state index in [0.717, 1.165) is 12.8 Å². The van der Waals surface area contributed by atoms with Crippen LogP contribution in [0.5, 0.6) is 0 Å². The van der Waals surface area contributed by atoms with E-state index >= 15 is 0 Å². The summed E-state index contributed by atoms with van der Waals surface area (Å²) in [5.41, 5.74) is 1.60. The molecule has 2 fully saturated rings. The molecule has 1 heterocycles. The minimum absolute atomic E-state index is 0.109. The van der Waals surface area contributed by atoms with Crippen molar-refractivity contribution < 1.29 is 4.79 Å². The van der Waals surface area contributed by atoms with E-state index in [1.807, 2.05) is 0 Å². The minimum atomic E-state index is 0.109. The van der Waals surface area contributed by atoms with E-state index in [1.165, 1.54) is 12.0 Å². The van der Waals surface area contributed by atoms with Crippen molar-refractivity contribution in [3.05, 3.63) is 23.8 Å². The van der Waals surface area contributed by atoms with E-state index in [4.69, 9.17) is 0 Å². The Morgan fingerprint density at radius 1 is 1.60 bits per heavy atom. The first kappa shape index (κ1) is 9.20. The second kappa shape index (κ2) is 2.75. The maximum Gasteiger partial charge on any atom is 0.220 e. The van der Waals surface area contributed by atoms with Gasteiger partial charge in [-0.15, -0.1) is 0 Å². The number of piperidine rings is 1. The molecule has 0 aromatic rings. The first-order valence-electron chi connectivity index (χ1n) is 5.84. The Balaban J connectivity index is 2.04. The van der Waals surface area contributed by atoms with Gasteiger partial charge in [-0.3, -0.25) is 4.79 Å². The van der Waals surface area contributed by atoms with Crippen LogP contribution in [0.15, 0.2) is 23.8 Å². The molecule has 0 aromatic carbocycles. The topological polar surface area (TPSA) is 20.3 Å². The monoisotopic (exact) mass is 203 g/mol. The molecule has 1 saturated carbocycles. The number of likely N-dealkylation sites (tertiary alicyclic amines) is 1. The van der Waals surface area contributed by atoms with Crippen molar-refractivity contribution >= 4 is 5.91 Å². The fourth-order valence-corrected chi connectivity index (χ4v) is 3.53. The predicted molar refractivity (Wildman–Crippen MR) is 59.3 cm³/mol. The Bertz CT molecular complexity index is 382. The van der Waals surface area contributed by atoms with E-state index in [0.29, 0.717) is 12.0 Å². The Labute approximate surface area is 90.6 Å². The van der Waals surface area contributed by atoms with Crippen LogP contribution in [0.4, 0.5) is 0 Å². The third kappa shape index (κ3) is 1.02. The summed E-state index contributed by atoms with van der Waals surface area (Å²) >= 11 is 0. The fraction of sp³-hybridized carbons (Fsp3) is 0.615. The van der Waals surface area contributed by atoms with Crippen LogP contribution in [0.25, 0.3) is 0 Å². The van der Waals surface area contributed by atoms with E-state index in [2.05, 4.69) is 30.1 Å². The molecule has 3 unspecified atom stereocenters. The van der Waals surface area contributed by atoms with Gasteiger partial charge in [0.2, 0.25) is 5.91 Å². The van der Waals surface area contributed by atoms with Gasteiger partial charge in [-0.25, -0.2) is 0 Å². The van der Waals surface area contributed by atoms with Crippen LogP contribution < -0.4 is 0 Å². The van der Waals surface area contributed by atoms with Gasteiger partial charge in [0.1, 0.15) is 0 Å². The molecule has 2 heteroatoms. The molecular formula is C13H17NO. The number of carbonyl (C=O) groups is 1. The van der Waals surface area contributed by atoms with Gasteiger partial charge >= 0.3 is 0 Å². The Kier molecular flexibility index (Phi) is 1.68. The summed E-state index contributed by atoms with van der Waals surface area (Å²) in [6.07, 6.45) is 10.1. The smallest absolute Gasteiger partial charge is 0.220 e. The van der Waals surface area contributed by atoms with Crippen LogP contribution in [-0.4, -0.2) is 22.4 Å². The standard InChI is InChI=1S/C13H17NO/c1-9-6-7-11-4-3-5-12-8-13(11,12)14(9)10(2)15/h3-5,9,12H,6-8H2,1-2H3. The highest BCUT2D eigenvalue weighted by molar-refractivity contribution is 5.77. The number of amides is 1. The maximum absolute atomic E-state index is 11.8. The van der Waals surface area contributed by atoms with E-state index in [9.17, 15) is 4.79 Å². The summed E-state index contributed by atoms with van der Waals surface area (Å²) in [7, 11) is 0. The lowest BCUT2D eigenvalue weighted by molar-refractivity contribution is -0.135. The molecule has 80 valence electrons. The third-order valence-electron chi connectivity index (χ3n) is 4.22. The number of rotatable bonds is 0. The van der Waals surface area contributed by atoms with Crippen molar-refractivity contribution in [1.29, 1.82) is 0 Å². The number of hydrogen-bond donors (Lipinski definition) is 0. The molecule has 3 aliphatic rings. The summed E-state index contributed by atoms with van der Waals surface area (Å²) in [5, 5.41) is 0. The molecule has 1 aliphatic heterocycles. The lowest BCUT2D eigenvalue weighted by Gasteiger charge is -2.44. The molecule has 0 N–H and O–H groups in total. The molecule has 3 rings (SSSR count). The number of carbonyl (C=O) groups excluding carboxylic acids is 1. The first-order chi connectivity index (χ1) is 7.16. The van der Waals surface area contributed by atoms with Gasteiger partial charge in [-0.1, -0.05) is 18.2 Å². The number of allylic oxidation sites excluding steroid dienone is 2. The molecule has 0 bridgehead atoms. The lowest BCUT2D eigenvalue weighted by Crippen LogP contribution is -2.52. The van der Waals surface area contributed by atoms with Gasteiger partial charge in [0.25, 0.3) is 0 Å². The van der Waals surface area contributed by atoms with Crippen molar-refractivity contribution in [2.75, 3.05) is 0 Å². The molecule has 0 radical (unpaired) electrons. The molecule has 2 aliphatic carbocycles. The van der Waals surface area contributed by atoms with Gasteiger partial charge in [0.15, 0.2) is 0 Å². The maximum atomic E-state index is 11.8. The zero-order chi connectivity index (χ0) is 10.6. The molecule has 1 spiro atoms. The lowest BCUT2D eigenvalue weighted by atomic mass is 9.85. The zero-order valence-corrected chi connectivity index (χ0v) is 9.36. The predicted octanol–water partition coefficient (Wildman–Crippen LogP) is 2.27. The van der Waals surface area contributed by atoms with Gasteiger partial charge in [0, 0.05) is 18.9 Å². The quantitative estimate of drug-likeness (QED) is 0.591. The highest BCUT2D eigenvalue weighted by Crippen LogP contribution is 2.60. The summed E-state index contributed by atoms with van der Waals surface area (Å²) in [6, 6.07) is 0.413. The molecule has 15 heavy (non-hydrogen) atoms. The van der Waals surface area contributed by atoms with Crippen LogP contribution in [-0.2, 0) is 4.79 Å². The first-order valence-corrected chi connectivity index (χ1v) is 5.84. The van der Waals surface area contributed by atoms with Crippen molar-refractivity contribution in [2.24, 2.45) is 5.92 Å². The second-order valence-electron chi connectivity index (χ2n) is 5.09. The van der Waals surface area contributed by atoms with Crippen molar-refractivity contribution in [3.8, 4) is 0 Å². The van der Waals surface area contributed by atoms with Gasteiger partial charge < -0.3 is 4.90 Å². The van der Waals surface area contributed by atoms with E-state index in [-0.39, 0.29) is 11.4 Å². The summed E-state index contributed by atoms with van der Waals surface area (Å²) in [5.74, 6) is 0.843. The highest BCUT2D eigenvalue weighted by atomic mass is 16.2. The fourth-order valence-electron chi connectivity index (χ4n) is 3.53. The zero-order valence-electron chi connectivity index (χ0n) is 9.36. The van der Waals surface area contributed by atoms with Gasteiger partial charge in [-0.05, 0) is 31.8 Å². The average molecular weight is 203 g/mol. The summed E-state index contributed by atoms with van der Waals surface area (Å²) in [6.45, 7) is 3.89. The SMILES string of the molecule is CC(=O)N1C(C)CCC2=CC=CC3CC231. The number of nitrogens with zero attached hydrogens (tertiary/aromatic N) is 1. The average Bonchev–Trinajstić information content (AvgIpc) is 2.88. The van der Waals surface area contributed by atoms with Crippen LogP contribution in [0.2, 0.25) is 0 Å². The molecule has 1 saturated heterocycles. The Morgan fingerprint density at radius 3 is 3.13 bits per heavy atom. The van der Waals surface area contributed by atoms with Crippen molar-refractivity contribution in [3.63, 3.8) is 0 Å². The molecule has 1 amide bonds. The molecule has 0 aromatic heterocycles. The molecule has 3 atom stereocenters. The molecule has 2 nitrogen and oxygen atoms in total. The summed E-state index contributed by atoms with van der Waals surface area (Å²) < 4.78 is 0. The third-order valence-corrected chi connectivity index (χ3v) is 4.22.